The smallest absolute Gasteiger partial charge is 0.252 e. The Morgan fingerprint density at radius 2 is 2.32 bits per heavy atom. The quantitative estimate of drug-likeness (QED) is 0.872. The second kappa shape index (κ2) is 6.65. The molecule has 0 bridgehead atoms. The zero-order chi connectivity index (χ0) is 12.4. The first-order valence-electron chi connectivity index (χ1n) is 6.64. The summed E-state index contributed by atoms with van der Waals surface area (Å²) in [6.45, 7) is 4.16. The fraction of sp³-hybridized carbons (Fsp3) is 0.833. The van der Waals surface area contributed by atoms with E-state index in [1.165, 1.54) is 12.8 Å². The lowest BCUT2D eigenvalue weighted by atomic mass is 10.2. The highest BCUT2D eigenvalue weighted by Gasteiger charge is 2.25. The van der Waals surface area contributed by atoms with E-state index in [9.17, 15) is 0 Å². The van der Waals surface area contributed by atoms with Crippen molar-refractivity contribution in [2.45, 2.75) is 25.5 Å². The van der Waals surface area contributed by atoms with Gasteiger partial charge in [0.05, 0.1) is 12.6 Å². The molecule has 1 saturated heterocycles. The highest BCUT2D eigenvalue weighted by Crippen LogP contribution is 2.29. The minimum atomic E-state index is 0. The van der Waals surface area contributed by atoms with Crippen LogP contribution in [0.5, 0.6) is 0 Å². The second-order valence-electron chi connectivity index (χ2n) is 5.21. The summed E-state index contributed by atoms with van der Waals surface area (Å²) in [4.78, 5) is 6.66. The van der Waals surface area contributed by atoms with Crippen molar-refractivity contribution in [3.8, 4) is 0 Å². The Morgan fingerprint density at radius 1 is 1.47 bits per heavy atom. The normalized spacial score (nSPS) is 24.2. The predicted octanol–water partition coefficient (Wildman–Crippen LogP) is 0.994. The van der Waals surface area contributed by atoms with Gasteiger partial charge in [0.1, 0.15) is 6.61 Å². The van der Waals surface area contributed by atoms with Crippen LogP contribution in [0, 0.1) is 5.92 Å². The number of rotatable bonds is 5. The summed E-state index contributed by atoms with van der Waals surface area (Å²) in [7, 11) is 2.09. The van der Waals surface area contributed by atoms with Crippen LogP contribution in [0.1, 0.15) is 30.6 Å². The lowest BCUT2D eigenvalue weighted by Crippen LogP contribution is -2.44. The highest BCUT2D eigenvalue weighted by molar-refractivity contribution is 5.85. The third-order valence-electron chi connectivity index (χ3n) is 3.57. The van der Waals surface area contributed by atoms with E-state index >= 15 is 0 Å². The molecule has 3 rings (SSSR count). The van der Waals surface area contributed by atoms with Crippen molar-refractivity contribution in [2.24, 2.45) is 5.92 Å². The number of nitrogens with one attached hydrogen (secondary N) is 1. The van der Waals surface area contributed by atoms with E-state index in [2.05, 4.69) is 27.4 Å². The van der Waals surface area contributed by atoms with Gasteiger partial charge in [-0.3, -0.25) is 4.90 Å². The molecule has 1 atom stereocenters. The summed E-state index contributed by atoms with van der Waals surface area (Å²) in [6.07, 6.45) is 2.60. The summed E-state index contributed by atoms with van der Waals surface area (Å²) in [5, 5.41) is 7.40. The number of nitrogens with zero attached hydrogens (tertiary/aromatic N) is 3. The highest BCUT2D eigenvalue weighted by atomic mass is 35.5. The summed E-state index contributed by atoms with van der Waals surface area (Å²) in [6, 6.07) is 0.208. The summed E-state index contributed by atoms with van der Waals surface area (Å²) in [5.74, 6) is 2.11. The predicted molar refractivity (Wildman–Crippen MR) is 72.2 cm³/mol. The van der Waals surface area contributed by atoms with Crippen molar-refractivity contribution in [1.29, 1.82) is 0 Å². The third-order valence-corrected chi connectivity index (χ3v) is 3.57. The number of aromatic nitrogens is 2. The van der Waals surface area contributed by atoms with Gasteiger partial charge in [-0.2, -0.15) is 4.98 Å². The molecular formula is C12H21ClN4O2. The van der Waals surface area contributed by atoms with Crippen LogP contribution in [-0.2, 0) is 11.3 Å². The Morgan fingerprint density at radius 3 is 3.05 bits per heavy atom. The molecule has 2 aliphatic rings. The molecule has 0 radical (unpaired) electrons. The fourth-order valence-corrected chi connectivity index (χ4v) is 2.15. The molecule has 6 nitrogen and oxygen atoms in total. The molecule has 0 aromatic carbocycles. The van der Waals surface area contributed by atoms with Gasteiger partial charge < -0.3 is 14.6 Å². The molecule has 1 N–H and O–H groups in total. The van der Waals surface area contributed by atoms with Gasteiger partial charge in [0.2, 0.25) is 0 Å². The average molecular weight is 289 g/mol. The molecule has 1 aromatic rings. The first-order valence-corrected chi connectivity index (χ1v) is 6.64. The van der Waals surface area contributed by atoms with Crippen LogP contribution in [0.2, 0.25) is 0 Å². The van der Waals surface area contributed by atoms with E-state index < -0.39 is 0 Å². The molecule has 1 unspecified atom stereocenters. The maximum absolute atomic E-state index is 5.55. The van der Waals surface area contributed by atoms with Gasteiger partial charge in [-0.1, -0.05) is 5.16 Å². The Bertz CT molecular complexity index is 397. The maximum Gasteiger partial charge on any atom is 0.252 e. The number of halogens is 1. The summed E-state index contributed by atoms with van der Waals surface area (Å²) >= 11 is 0. The third kappa shape index (κ3) is 3.89. The number of ether oxygens (including phenoxy) is 1. The summed E-state index contributed by atoms with van der Waals surface area (Å²) in [5.41, 5.74) is 0. The van der Waals surface area contributed by atoms with Crippen LogP contribution in [0.25, 0.3) is 0 Å². The lowest BCUT2D eigenvalue weighted by Gasteiger charge is -2.30. The van der Waals surface area contributed by atoms with Crippen molar-refractivity contribution in [1.82, 2.24) is 20.4 Å². The van der Waals surface area contributed by atoms with E-state index in [-0.39, 0.29) is 18.4 Å². The molecule has 108 valence electrons. The van der Waals surface area contributed by atoms with Gasteiger partial charge in [-0.25, -0.2) is 0 Å². The Balaban J connectivity index is 0.00000133. The molecule has 0 amide bonds. The first-order chi connectivity index (χ1) is 8.83. The van der Waals surface area contributed by atoms with Gasteiger partial charge >= 0.3 is 0 Å². The summed E-state index contributed by atoms with van der Waals surface area (Å²) < 4.78 is 10.8. The van der Waals surface area contributed by atoms with Crippen molar-refractivity contribution in [3.63, 3.8) is 0 Å². The molecule has 1 aliphatic heterocycles. The van der Waals surface area contributed by atoms with Crippen molar-refractivity contribution >= 4 is 12.4 Å². The molecule has 1 aromatic heterocycles. The zero-order valence-electron chi connectivity index (χ0n) is 11.2. The molecule has 0 spiro atoms. The van der Waals surface area contributed by atoms with E-state index in [0.29, 0.717) is 12.5 Å². The minimum Gasteiger partial charge on any atom is -0.371 e. The fourth-order valence-electron chi connectivity index (χ4n) is 2.15. The van der Waals surface area contributed by atoms with E-state index in [1.54, 1.807) is 0 Å². The van der Waals surface area contributed by atoms with E-state index in [4.69, 9.17) is 9.26 Å². The van der Waals surface area contributed by atoms with Crippen LogP contribution in [0.3, 0.4) is 0 Å². The Hall–Kier alpha value is -0.690. The van der Waals surface area contributed by atoms with Gasteiger partial charge in [-0.15, -0.1) is 12.4 Å². The van der Waals surface area contributed by atoms with Gasteiger partial charge in [-0.05, 0) is 25.8 Å². The molecule has 2 heterocycles. The lowest BCUT2D eigenvalue weighted by molar-refractivity contribution is 0.0894. The Kier molecular flexibility index (Phi) is 5.15. The molecular weight excluding hydrogens is 268 g/mol. The molecule has 2 fully saturated rings. The number of likely N-dealkylation sites (N-methyl/N-ethyl adjacent to an activating group) is 1. The van der Waals surface area contributed by atoms with E-state index in [0.717, 1.165) is 38.0 Å². The van der Waals surface area contributed by atoms with Crippen LogP contribution in [0.15, 0.2) is 4.52 Å². The number of hydrogen-bond acceptors (Lipinski definition) is 6. The topological polar surface area (TPSA) is 63.4 Å². The van der Waals surface area contributed by atoms with E-state index in [1.807, 2.05) is 0 Å². The molecule has 1 saturated carbocycles. The van der Waals surface area contributed by atoms with Crippen LogP contribution in [-0.4, -0.2) is 48.3 Å². The first kappa shape index (κ1) is 14.7. The second-order valence-corrected chi connectivity index (χ2v) is 5.21. The van der Waals surface area contributed by atoms with Crippen molar-refractivity contribution < 1.29 is 9.26 Å². The van der Waals surface area contributed by atoms with Crippen LogP contribution < -0.4 is 5.32 Å². The van der Waals surface area contributed by atoms with Gasteiger partial charge in [0.25, 0.3) is 5.89 Å². The minimum absolute atomic E-state index is 0. The Labute approximate surface area is 119 Å². The number of piperazine rings is 1. The van der Waals surface area contributed by atoms with Gasteiger partial charge in [0, 0.05) is 19.6 Å². The van der Waals surface area contributed by atoms with Crippen LogP contribution >= 0.6 is 12.4 Å². The maximum atomic E-state index is 5.55. The zero-order valence-corrected chi connectivity index (χ0v) is 12.0. The standard InChI is InChI=1S/C12H20N4O2.ClH/c1-16-5-4-13-6-10(16)12-14-11(18-15-12)8-17-7-9-2-3-9;/h9-10,13H,2-8H2,1H3;1H. The van der Waals surface area contributed by atoms with Crippen LogP contribution in [0.4, 0.5) is 0 Å². The molecule has 1 aliphatic carbocycles. The monoisotopic (exact) mass is 288 g/mol. The van der Waals surface area contributed by atoms with Gasteiger partial charge in [0.15, 0.2) is 5.82 Å². The number of hydrogen-bond donors (Lipinski definition) is 1. The largest absolute Gasteiger partial charge is 0.371 e. The van der Waals surface area contributed by atoms with Crippen molar-refractivity contribution in [3.05, 3.63) is 11.7 Å². The average Bonchev–Trinajstić information content (AvgIpc) is 3.08. The molecule has 19 heavy (non-hydrogen) atoms. The SMILES string of the molecule is CN1CCNCC1c1noc(COCC2CC2)n1.Cl. The molecule has 7 heteroatoms. The van der Waals surface area contributed by atoms with Crippen molar-refractivity contribution in [2.75, 3.05) is 33.3 Å².